The normalized spacial score (nSPS) is 10.9. The van der Waals surface area contributed by atoms with Crippen molar-refractivity contribution in [2.75, 3.05) is 18.2 Å². The Labute approximate surface area is 184 Å². The molecule has 2 aromatic carbocycles. The van der Waals surface area contributed by atoms with Crippen molar-refractivity contribution in [3.8, 4) is 17.3 Å². The number of aromatic nitrogens is 3. The average molecular weight is 435 g/mol. The number of methoxy groups -OCH3 is 1. The number of ether oxygens (including phenoxy) is 1. The van der Waals surface area contributed by atoms with Gasteiger partial charge in [0.15, 0.2) is 22.2 Å². The number of carbonyl (C=O) groups is 1. The number of amides is 1. The average Bonchev–Trinajstić information content (AvgIpc) is 3.38. The van der Waals surface area contributed by atoms with E-state index in [0.717, 1.165) is 16.6 Å². The summed E-state index contributed by atoms with van der Waals surface area (Å²) in [5, 5.41) is 13.0. The van der Waals surface area contributed by atoms with Crippen molar-refractivity contribution in [3.05, 3.63) is 66.7 Å². The summed E-state index contributed by atoms with van der Waals surface area (Å²) >= 11 is 1.31. The van der Waals surface area contributed by atoms with Gasteiger partial charge in [0.1, 0.15) is 0 Å². The maximum absolute atomic E-state index is 12.4. The van der Waals surface area contributed by atoms with Gasteiger partial charge in [-0.2, -0.15) is 0 Å². The zero-order chi connectivity index (χ0) is 21.8. The molecule has 0 radical (unpaired) electrons. The van der Waals surface area contributed by atoms with Gasteiger partial charge in [-0.3, -0.25) is 9.36 Å². The molecule has 8 heteroatoms. The predicted octanol–water partition coefficient (Wildman–Crippen LogP) is 4.93. The Kier molecular flexibility index (Phi) is 6.08. The van der Waals surface area contributed by atoms with Gasteiger partial charge in [-0.05, 0) is 31.2 Å². The first-order valence-corrected chi connectivity index (χ1v) is 10.7. The van der Waals surface area contributed by atoms with E-state index in [2.05, 4.69) is 22.1 Å². The minimum atomic E-state index is -0.114. The van der Waals surface area contributed by atoms with E-state index in [1.807, 2.05) is 60.0 Å². The molecule has 4 aromatic rings. The lowest BCUT2D eigenvalue weighted by molar-refractivity contribution is -0.113. The molecule has 0 atom stereocenters. The molecule has 2 aromatic heterocycles. The third-order valence-corrected chi connectivity index (χ3v) is 5.61. The quantitative estimate of drug-likeness (QED) is 0.313. The van der Waals surface area contributed by atoms with Crippen LogP contribution in [0, 0.1) is 6.92 Å². The zero-order valence-electron chi connectivity index (χ0n) is 17.3. The summed E-state index contributed by atoms with van der Waals surface area (Å²) in [5.41, 5.74) is 2.56. The maximum atomic E-state index is 12.4. The standard InChI is InChI=1S/C23H22N4O3S/c1-4-12-27-22(19-13-16-6-5-7-18(29-3)21(16)30-19)25-26-23(27)31-14-20(28)24-17-10-8-15(2)9-11-17/h4-11,13H,1,12,14H2,2-3H3,(H,24,28). The first-order valence-electron chi connectivity index (χ1n) is 9.69. The van der Waals surface area contributed by atoms with E-state index in [1.165, 1.54) is 11.8 Å². The molecule has 2 heterocycles. The summed E-state index contributed by atoms with van der Waals surface area (Å²) in [6.07, 6.45) is 1.76. The molecule has 0 bridgehead atoms. The molecule has 0 aliphatic carbocycles. The summed E-state index contributed by atoms with van der Waals surface area (Å²) in [7, 11) is 1.60. The monoisotopic (exact) mass is 434 g/mol. The Bertz CT molecular complexity index is 1230. The molecule has 1 amide bonds. The summed E-state index contributed by atoms with van der Waals surface area (Å²) in [6, 6.07) is 15.3. The van der Waals surface area contributed by atoms with Crippen molar-refractivity contribution < 1.29 is 13.9 Å². The van der Waals surface area contributed by atoms with Crippen molar-refractivity contribution in [2.45, 2.75) is 18.6 Å². The van der Waals surface area contributed by atoms with Crippen LogP contribution in [-0.2, 0) is 11.3 Å². The highest BCUT2D eigenvalue weighted by molar-refractivity contribution is 7.99. The fraction of sp³-hybridized carbons (Fsp3) is 0.174. The van der Waals surface area contributed by atoms with Gasteiger partial charge in [-0.15, -0.1) is 16.8 Å². The lowest BCUT2D eigenvalue weighted by atomic mass is 10.2. The molecule has 0 aliphatic heterocycles. The minimum Gasteiger partial charge on any atom is -0.493 e. The number of rotatable bonds is 8. The number of thioether (sulfide) groups is 1. The number of fused-ring (bicyclic) bond motifs is 1. The second kappa shape index (κ2) is 9.09. The number of aryl methyl sites for hydroxylation is 1. The predicted molar refractivity (Wildman–Crippen MR) is 123 cm³/mol. The molecule has 0 aliphatic rings. The molecular formula is C23H22N4O3S. The van der Waals surface area contributed by atoms with Gasteiger partial charge in [0.25, 0.3) is 0 Å². The van der Waals surface area contributed by atoms with E-state index in [9.17, 15) is 4.79 Å². The molecule has 1 N–H and O–H groups in total. The van der Waals surface area contributed by atoms with E-state index >= 15 is 0 Å². The van der Waals surface area contributed by atoms with Crippen LogP contribution in [0.4, 0.5) is 5.69 Å². The molecule has 158 valence electrons. The van der Waals surface area contributed by atoms with Crippen LogP contribution >= 0.6 is 11.8 Å². The smallest absolute Gasteiger partial charge is 0.234 e. The number of hydrogen-bond donors (Lipinski definition) is 1. The molecule has 0 fully saturated rings. The number of benzene rings is 2. The molecule has 4 rings (SSSR count). The number of carbonyl (C=O) groups excluding carboxylic acids is 1. The fourth-order valence-electron chi connectivity index (χ4n) is 3.14. The SMILES string of the molecule is C=CCn1c(SCC(=O)Nc2ccc(C)cc2)nnc1-c1cc2cccc(OC)c2o1. The number of hydrogen-bond acceptors (Lipinski definition) is 6. The van der Waals surface area contributed by atoms with Crippen molar-refractivity contribution in [3.63, 3.8) is 0 Å². The number of allylic oxidation sites excluding steroid dienone is 1. The molecule has 0 saturated carbocycles. The summed E-state index contributed by atoms with van der Waals surface area (Å²) in [5.74, 6) is 1.89. The second-order valence-corrected chi connectivity index (χ2v) is 7.84. The van der Waals surface area contributed by atoms with E-state index in [1.54, 1.807) is 13.2 Å². The van der Waals surface area contributed by atoms with Gasteiger partial charge in [0.2, 0.25) is 11.7 Å². The van der Waals surface area contributed by atoms with Crippen molar-refractivity contribution in [2.24, 2.45) is 0 Å². The third kappa shape index (κ3) is 4.49. The van der Waals surface area contributed by atoms with Gasteiger partial charge in [0.05, 0.1) is 12.9 Å². The second-order valence-electron chi connectivity index (χ2n) is 6.90. The maximum Gasteiger partial charge on any atom is 0.234 e. The summed E-state index contributed by atoms with van der Waals surface area (Å²) in [6.45, 7) is 6.31. The van der Waals surface area contributed by atoms with Crippen LogP contribution in [-0.4, -0.2) is 33.5 Å². The Morgan fingerprint density at radius 1 is 1.26 bits per heavy atom. The van der Waals surface area contributed by atoms with Crippen LogP contribution in [0.2, 0.25) is 0 Å². The van der Waals surface area contributed by atoms with Gasteiger partial charge < -0.3 is 14.5 Å². The van der Waals surface area contributed by atoms with Crippen LogP contribution < -0.4 is 10.1 Å². The first kappa shape index (κ1) is 20.7. The van der Waals surface area contributed by atoms with Crippen LogP contribution in [0.5, 0.6) is 5.75 Å². The Morgan fingerprint density at radius 2 is 2.06 bits per heavy atom. The molecule has 0 spiro atoms. The molecule has 0 saturated heterocycles. The molecule has 0 unspecified atom stereocenters. The number of nitrogens with zero attached hydrogens (tertiary/aromatic N) is 3. The third-order valence-electron chi connectivity index (χ3n) is 4.64. The number of para-hydroxylation sites is 1. The Balaban J connectivity index is 1.54. The van der Waals surface area contributed by atoms with Crippen LogP contribution in [0.3, 0.4) is 0 Å². The van der Waals surface area contributed by atoms with Crippen LogP contribution in [0.25, 0.3) is 22.6 Å². The Morgan fingerprint density at radius 3 is 2.81 bits per heavy atom. The summed E-state index contributed by atoms with van der Waals surface area (Å²) < 4.78 is 13.3. The first-order chi connectivity index (χ1) is 15.1. The van der Waals surface area contributed by atoms with Crippen molar-refractivity contribution in [1.29, 1.82) is 0 Å². The highest BCUT2D eigenvalue weighted by Crippen LogP contribution is 2.33. The number of anilines is 1. The van der Waals surface area contributed by atoms with E-state index < -0.39 is 0 Å². The van der Waals surface area contributed by atoms with Crippen LogP contribution in [0.15, 0.2) is 70.8 Å². The molecule has 7 nitrogen and oxygen atoms in total. The molecular weight excluding hydrogens is 412 g/mol. The van der Waals surface area contributed by atoms with E-state index in [0.29, 0.717) is 34.6 Å². The highest BCUT2D eigenvalue weighted by atomic mass is 32.2. The Hall–Kier alpha value is -3.52. The fourth-order valence-corrected chi connectivity index (χ4v) is 3.89. The van der Waals surface area contributed by atoms with Gasteiger partial charge in [-0.25, -0.2) is 0 Å². The van der Waals surface area contributed by atoms with E-state index in [4.69, 9.17) is 9.15 Å². The van der Waals surface area contributed by atoms with Gasteiger partial charge in [-0.1, -0.05) is 47.7 Å². The van der Waals surface area contributed by atoms with Crippen molar-refractivity contribution in [1.82, 2.24) is 14.8 Å². The lowest BCUT2D eigenvalue weighted by Gasteiger charge is -2.07. The summed E-state index contributed by atoms with van der Waals surface area (Å²) in [4.78, 5) is 12.4. The highest BCUT2D eigenvalue weighted by Gasteiger charge is 2.19. The van der Waals surface area contributed by atoms with Crippen molar-refractivity contribution >= 4 is 34.3 Å². The minimum absolute atomic E-state index is 0.114. The lowest BCUT2D eigenvalue weighted by Crippen LogP contribution is -2.14. The van der Waals surface area contributed by atoms with E-state index in [-0.39, 0.29) is 11.7 Å². The zero-order valence-corrected chi connectivity index (χ0v) is 18.1. The molecule has 31 heavy (non-hydrogen) atoms. The topological polar surface area (TPSA) is 82.2 Å². The number of furan rings is 1. The largest absolute Gasteiger partial charge is 0.493 e. The van der Waals surface area contributed by atoms with Gasteiger partial charge in [0, 0.05) is 17.6 Å². The number of nitrogens with one attached hydrogen (secondary N) is 1. The van der Waals surface area contributed by atoms with Gasteiger partial charge >= 0.3 is 0 Å². The van der Waals surface area contributed by atoms with Crippen LogP contribution in [0.1, 0.15) is 5.56 Å².